The first-order valence-electron chi connectivity index (χ1n) is 9.47. The van der Waals surface area contributed by atoms with Crippen LogP contribution in [0.3, 0.4) is 0 Å². The average molecular weight is 504 g/mol. The Hall–Kier alpha value is -1.55. The maximum Gasteiger partial charge on any atom is 0.241 e. The molecule has 1 aliphatic rings. The molecule has 158 valence electrons. The lowest BCUT2D eigenvalue weighted by atomic mass is 10.1. The van der Waals surface area contributed by atoms with Crippen LogP contribution in [0.15, 0.2) is 23.2 Å². The number of hydrogen-bond acceptors (Lipinski definition) is 4. The summed E-state index contributed by atoms with van der Waals surface area (Å²) in [5.41, 5.74) is 2.14. The monoisotopic (exact) mass is 504 g/mol. The molecular formula is C20H33IN4O3. The van der Waals surface area contributed by atoms with E-state index in [-0.39, 0.29) is 42.5 Å². The number of guanidine groups is 1. The van der Waals surface area contributed by atoms with Crippen molar-refractivity contribution in [3.8, 4) is 5.75 Å². The Morgan fingerprint density at radius 2 is 2.11 bits per heavy atom. The Balaban J connectivity index is 0.00000392. The number of halogens is 1. The normalized spacial score (nSPS) is 16.7. The van der Waals surface area contributed by atoms with Gasteiger partial charge in [0.1, 0.15) is 5.75 Å². The number of nitrogens with zero attached hydrogens (tertiary/aromatic N) is 2. The van der Waals surface area contributed by atoms with Crippen molar-refractivity contribution in [1.82, 2.24) is 15.5 Å². The van der Waals surface area contributed by atoms with Gasteiger partial charge in [-0.05, 0) is 37.8 Å². The molecule has 0 aliphatic carbocycles. The molecule has 8 heteroatoms. The highest BCUT2D eigenvalue weighted by molar-refractivity contribution is 14.0. The van der Waals surface area contributed by atoms with Crippen LogP contribution in [0, 0.1) is 6.92 Å². The fraction of sp³-hybridized carbons (Fsp3) is 0.600. The summed E-state index contributed by atoms with van der Waals surface area (Å²) >= 11 is 0. The minimum Gasteiger partial charge on any atom is -0.496 e. The van der Waals surface area contributed by atoms with Crippen LogP contribution in [-0.4, -0.2) is 63.8 Å². The van der Waals surface area contributed by atoms with Crippen molar-refractivity contribution in [2.75, 3.05) is 40.9 Å². The van der Waals surface area contributed by atoms with Gasteiger partial charge in [-0.25, -0.2) is 4.99 Å². The molecule has 0 bridgehead atoms. The van der Waals surface area contributed by atoms with Gasteiger partial charge in [-0.3, -0.25) is 4.79 Å². The van der Waals surface area contributed by atoms with E-state index in [9.17, 15) is 4.79 Å². The van der Waals surface area contributed by atoms with E-state index in [1.165, 1.54) is 6.42 Å². The summed E-state index contributed by atoms with van der Waals surface area (Å²) in [6, 6.07) is 6.06. The average Bonchev–Trinajstić information content (AvgIpc) is 2.68. The highest BCUT2D eigenvalue weighted by Crippen LogP contribution is 2.20. The van der Waals surface area contributed by atoms with Crippen molar-refractivity contribution in [2.45, 2.75) is 38.8 Å². The number of likely N-dealkylation sites (N-methyl/N-ethyl adjacent to an activating group) is 1. The smallest absolute Gasteiger partial charge is 0.241 e. The van der Waals surface area contributed by atoms with E-state index in [1.807, 2.05) is 25.1 Å². The molecule has 0 saturated carbocycles. The molecule has 1 heterocycles. The van der Waals surface area contributed by atoms with Gasteiger partial charge in [0.25, 0.3) is 0 Å². The van der Waals surface area contributed by atoms with Crippen LogP contribution in [0.2, 0.25) is 0 Å². The maximum atomic E-state index is 11.9. The van der Waals surface area contributed by atoms with Crippen molar-refractivity contribution in [2.24, 2.45) is 4.99 Å². The van der Waals surface area contributed by atoms with E-state index in [4.69, 9.17) is 9.47 Å². The van der Waals surface area contributed by atoms with Gasteiger partial charge in [-0.2, -0.15) is 0 Å². The number of nitrogens with one attached hydrogen (secondary N) is 2. The van der Waals surface area contributed by atoms with Gasteiger partial charge in [0, 0.05) is 32.8 Å². The third-order valence-corrected chi connectivity index (χ3v) is 4.53. The SMILES string of the molecule is COc1cc(C)ccc1CN=C(NCC(=O)N(C)C)NCC1CCCCO1.I. The summed E-state index contributed by atoms with van der Waals surface area (Å²) < 4.78 is 11.2. The fourth-order valence-electron chi connectivity index (χ4n) is 2.82. The highest BCUT2D eigenvalue weighted by atomic mass is 127. The zero-order valence-corrected chi connectivity index (χ0v) is 19.6. The zero-order valence-electron chi connectivity index (χ0n) is 17.3. The van der Waals surface area contributed by atoms with Crippen LogP contribution in [0.1, 0.15) is 30.4 Å². The molecule has 1 aromatic carbocycles. The Morgan fingerprint density at radius 3 is 2.75 bits per heavy atom. The summed E-state index contributed by atoms with van der Waals surface area (Å²) in [6.07, 6.45) is 3.54. The van der Waals surface area contributed by atoms with E-state index in [0.717, 1.165) is 36.3 Å². The Kier molecular flexibility index (Phi) is 11.2. The van der Waals surface area contributed by atoms with E-state index < -0.39 is 0 Å². The number of benzene rings is 1. The lowest BCUT2D eigenvalue weighted by Gasteiger charge is -2.24. The Morgan fingerprint density at radius 1 is 1.32 bits per heavy atom. The van der Waals surface area contributed by atoms with Gasteiger partial charge in [-0.1, -0.05) is 12.1 Å². The Labute approximate surface area is 185 Å². The first kappa shape index (κ1) is 24.5. The van der Waals surface area contributed by atoms with Crippen LogP contribution in [-0.2, 0) is 16.1 Å². The number of aliphatic imine (C=N–C) groups is 1. The predicted molar refractivity (Wildman–Crippen MR) is 123 cm³/mol. The van der Waals surface area contributed by atoms with E-state index in [2.05, 4.69) is 15.6 Å². The molecule has 0 spiro atoms. The maximum absolute atomic E-state index is 11.9. The minimum absolute atomic E-state index is 0. The molecular weight excluding hydrogens is 471 g/mol. The number of ether oxygens (including phenoxy) is 2. The number of carbonyl (C=O) groups is 1. The first-order chi connectivity index (χ1) is 13.0. The Bertz CT molecular complexity index is 646. The van der Waals surface area contributed by atoms with Crippen molar-refractivity contribution in [1.29, 1.82) is 0 Å². The number of aryl methyl sites for hydroxylation is 1. The molecule has 1 aromatic rings. The molecule has 2 rings (SSSR count). The number of rotatable bonds is 7. The number of amides is 1. The molecule has 1 atom stereocenters. The van der Waals surface area contributed by atoms with Crippen LogP contribution in [0.25, 0.3) is 0 Å². The van der Waals surface area contributed by atoms with Crippen molar-refractivity contribution in [3.63, 3.8) is 0 Å². The van der Waals surface area contributed by atoms with Gasteiger partial charge in [0.05, 0.1) is 26.3 Å². The number of hydrogen-bond donors (Lipinski definition) is 2. The fourth-order valence-corrected chi connectivity index (χ4v) is 2.82. The summed E-state index contributed by atoms with van der Waals surface area (Å²) in [6.45, 7) is 4.16. The van der Waals surface area contributed by atoms with Crippen LogP contribution in [0.5, 0.6) is 5.75 Å². The second-order valence-electron chi connectivity index (χ2n) is 6.99. The van der Waals surface area contributed by atoms with Crippen LogP contribution in [0.4, 0.5) is 0 Å². The molecule has 1 aliphatic heterocycles. The quantitative estimate of drug-likeness (QED) is 0.339. The van der Waals surface area contributed by atoms with Gasteiger partial charge in [0.2, 0.25) is 5.91 Å². The van der Waals surface area contributed by atoms with Crippen LogP contribution >= 0.6 is 24.0 Å². The minimum atomic E-state index is -0.00803. The molecule has 1 amide bonds. The number of carbonyl (C=O) groups excluding carboxylic acids is 1. The lowest BCUT2D eigenvalue weighted by Crippen LogP contribution is -2.45. The molecule has 1 unspecified atom stereocenters. The highest BCUT2D eigenvalue weighted by Gasteiger charge is 2.15. The molecule has 1 saturated heterocycles. The molecule has 7 nitrogen and oxygen atoms in total. The standard InChI is InChI=1S/C20H32N4O3.HI/c1-15-8-9-16(18(11-15)26-4)12-21-20(23-14-19(25)24(2)3)22-13-17-7-5-6-10-27-17;/h8-9,11,17H,5-7,10,12-14H2,1-4H3,(H2,21,22,23);1H. The molecule has 0 aromatic heterocycles. The third kappa shape index (κ3) is 8.22. The van der Waals surface area contributed by atoms with Gasteiger partial charge in [-0.15, -0.1) is 24.0 Å². The van der Waals surface area contributed by atoms with Gasteiger partial charge in [0.15, 0.2) is 5.96 Å². The second kappa shape index (κ2) is 12.8. The topological polar surface area (TPSA) is 75.2 Å². The molecule has 28 heavy (non-hydrogen) atoms. The second-order valence-corrected chi connectivity index (χ2v) is 6.99. The lowest BCUT2D eigenvalue weighted by molar-refractivity contribution is -0.127. The number of methoxy groups -OCH3 is 1. The molecule has 0 radical (unpaired) electrons. The summed E-state index contributed by atoms with van der Waals surface area (Å²) in [5.74, 6) is 1.41. The van der Waals surface area contributed by atoms with Crippen molar-refractivity contribution in [3.05, 3.63) is 29.3 Å². The third-order valence-electron chi connectivity index (χ3n) is 4.53. The van der Waals surface area contributed by atoms with Gasteiger partial charge < -0.3 is 25.0 Å². The van der Waals surface area contributed by atoms with Crippen molar-refractivity contribution >= 4 is 35.8 Å². The van der Waals surface area contributed by atoms with E-state index in [0.29, 0.717) is 19.0 Å². The zero-order chi connectivity index (χ0) is 19.6. The molecule has 1 fully saturated rings. The van der Waals surface area contributed by atoms with Crippen LogP contribution < -0.4 is 15.4 Å². The summed E-state index contributed by atoms with van der Waals surface area (Å²) in [7, 11) is 5.14. The predicted octanol–water partition coefficient (Wildman–Crippen LogP) is 2.31. The van der Waals surface area contributed by atoms with E-state index >= 15 is 0 Å². The summed E-state index contributed by atoms with van der Waals surface area (Å²) in [5, 5.41) is 6.42. The van der Waals surface area contributed by atoms with Crippen molar-refractivity contribution < 1.29 is 14.3 Å². The van der Waals surface area contributed by atoms with E-state index in [1.54, 1.807) is 26.1 Å². The summed E-state index contributed by atoms with van der Waals surface area (Å²) in [4.78, 5) is 18.1. The molecule has 2 N–H and O–H groups in total. The largest absolute Gasteiger partial charge is 0.496 e. The first-order valence-corrected chi connectivity index (χ1v) is 9.47. The van der Waals surface area contributed by atoms with Gasteiger partial charge >= 0.3 is 0 Å².